The SMILES string of the molecule is CC.CCc1nc2c(F)cccc2s1.CN. The fourth-order valence-corrected chi connectivity index (χ4v) is 2.03. The number of nitrogens with two attached hydrogens (primary N) is 1. The highest BCUT2D eigenvalue weighted by atomic mass is 32.1. The Kier molecular flexibility index (Phi) is 7.68. The standard InChI is InChI=1S/C9H8FNS.C2H6.CH5N/c1-2-8-11-9-6(10)4-3-5-7(9)12-8;2*1-2/h3-5H,2H2,1H3;1-2H3;2H2,1H3. The van der Waals surface area contributed by atoms with Crippen LogP contribution in [0.2, 0.25) is 0 Å². The normalized spacial score (nSPS) is 8.88. The summed E-state index contributed by atoms with van der Waals surface area (Å²) in [4.78, 5) is 4.17. The largest absolute Gasteiger partial charge is 0.333 e. The summed E-state index contributed by atoms with van der Waals surface area (Å²) in [7, 11) is 1.50. The van der Waals surface area contributed by atoms with Gasteiger partial charge in [-0.15, -0.1) is 11.3 Å². The average Bonchev–Trinajstić information content (AvgIpc) is 2.79. The van der Waals surface area contributed by atoms with Crippen LogP contribution in [0.15, 0.2) is 18.2 Å². The number of benzene rings is 1. The lowest BCUT2D eigenvalue weighted by atomic mass is 10.3. The number of fused-ring (bicyclic) bond motifs is 1. The van der Waals surface area contributed by atoms with Gasteiger partial charge in [-0.05, 0) is 25.6 Å². The van der Waals surface area contributed by atoms with E-state index in [0.717, 1.165) is 16.1 Å². The lowest BCUT2D eigenvalue weighted by Crippen LogP contribution is -1.78. The zero-order valence-electron chi connectivity index (χ0n) is 10.2. The van der Waals surface area contributed by atoms with Gasteiger partial charge in [-0.2, -0.15) is 0 Å². The van der Waals surface area contributed by atoms with E-state index in [2.05, 4.69) is 10.7 Å². The molecule has 1 heterocycles. The molecule has 2 nitrogen and oxygen atoms in total. The van der Waals surface area contributed by atoms with Crippen LogP contribution in [-0.4, -0.2) is 12.0 Å². The molecule has 0 spiro atoms. The molecule has 1 aromatic heterocycles. The molecule has 0 fully saturated rings. The van der Waals surface area contributed by atoms with Gasteiger partial charge in [0.2, 0.25) is 0 Å². The van der Waals surface area contributed by atoms with E-state index in [9.17, 15) is 4.39 Å². The summed E-state index contributed by atoms with van der Waals surface area (Å²) in [5, 5.41) is 0.995. The molecule has 0 aliphatic heterocycles. The van der Waals surface area contributed by atoms with E-state index in [1.54, 1.807) is 17.4 Å². The van der Waals surface area contributed by atoms with Gasteiger partial charge in [-0.25, -0.2) is 9.37 Å². The Labute approximate surface area is 100 Å². The molecule has 2 rings (SSSR count). The second-order valence-electron chi connectivity index (χ2n) is 2.55. The van der Waals surface area contributed by atoms with E-state index in [0.29, 0.717) is 5.52 Å². The summed E-state index contributed by atoms with van der Waals surface area (Å²) in [6.07, 6.45) is 0.874. The minimum Gasteiger partial charge on any atom is -0.333 e. The van der Waals surface area contributed by atoms with Crippen LogP contribution in [0.25, 0.3) is 10.2 Å². The van der Waals surface area contributed by atoms with Crippen molar-refractivity contribution in [3.05, 3.63) is 29.0 Å². The van der Waals surface area contributed by atoms with Gasteiger partial charge < -0.3 is 5.73 Å². The lowest BCUT2D eigenvalue weighted by molar-refractivity contribution is 0.637. The van der Waals surface area contributed by atoms with Crippen molar-refractivity contribution >= 4 is 21.6 Å². The summed E-state index contributed by atoms with van der Waals surface area (Å²) in [5.74, 6) is -0.219. The summed E-state index contributed by atoms with van der Waals surface area (Å²) in [5.41, 5.74) is 5.01. The molecule has 2 N–H and O–H groups in total. The molecule has 0 atom stereocenters. The Morgan fingerprint density at radius 3 is 2.44 bits per heavy atom. The first-order valence-corrected chi connectivity index (χ1v) is 6.24. The van der Waals surface area contributed by atoms with Crippen LogP contribution in [0, 0.1) is 5.82 Å². The molecule has 0 aliphatic carbocycles. The van der Waals surface area contributed by atoms with Crippen LogP contribution in [0.4, 0.5) is 4.39 Å². The maximum Gasteiger partial charge on any atom is 0.150 e. The van der Waals surface area contributed by atoms with Gasteiger partial charge in [-0.1, -0.05) is 26.8 Å². The molecule has 90 valence electrons. The smallest absolute Gasteiger partial charge is 0.150 e. The highest BCUT2D eigenvalue weighted by Gasteiger charge is 2.05. The second-order valence-corrected chi connectivity index (χ2v) is 3.66. The summed E-state index contributed by atoms with van der Waals surface area (Å²) < 4.78 is 14.0. The van der Waals surface area contributed by atoms with Gasteiger partial charge in [0.25, 0.3) is 0 Å². The van der Waals surface area contributed by atoms with Crippen molar-refractivity contribution in [3.8, 4) is 0 Å². The number of hydrogen-bond donors (Lipinski definition) is 1. The first kappa shape index (κ1) is 15.0. The van der Waals surface area contributed by atoms with E-state index in [1.165, 1.54) is 13.1 Å². The van der Waals surface area contributed by atoms with Crippen molar-refractivity contribution in [1.82, 2.24) is 4.98 Å². The predicted octanol–water partition coefficient (Wildman–Crippen LogP) is 3.60. The number of hydrogen-bond acceptors (Lipinski definition) is 3. The molecule has 16 heavy (non-hydrogen) atoms. The zero-order valence-corrected chi connectivity index (χ0v) is 11.1. The van der Waals surface area contributed by atoms with Crippen LogP contribution < -0.4 is 5.73 Å². The predicted molar refractivity (Wildman–Crippen MR) is 70.4 cm³/mol. The van der Waals surface area contributed by atoms with Crippen molar-refractivity contribution in [2.75, 3.05) is 7.05 Å². The first-order chi connectivity index (χ1) is 7.81. The Balaban J connectivity index is 0.000000509. The number of para-hydroxylation sites is 1. The molecular weight excluding hydrogens is 223 g/mol. The maximum atomic E-state index is 13.1. The van der Waals surface area contributed by atoms with Gasteiger partial charge in [0, 0.05) is 0 Å². The molecule has 0 saturated heterocycles. The molecule has 0 amide bonds. The molecule has 0 unspecified atom stereocenters. The van der Waals surface area contributed by atoms with Crippen LogP contribution in [-0.2, 0) is 6.42 Å². The lowest BCUT2D eigenvalue weighted by Gasteiger charge is -1.86. The highest BCUT2D eigenvalue weighted by Crippen LogP contribution is 2.23. The second kappa shape index (κ2) is 8.19. The summed E-state index contributed by atoms with van der Waals surface area (Å²) in [6, 6.07) is 5.06. The third-order valence-electron chi connectivity index (χ3n) is 1.72. The minimum atomic E-state index is -0.219. The van der Waals surface area contributed by atoms with E-state index in [1.807, 2.05) is 26.8 Å². The van der Waals surface area contributed by atoms with E-state index >= 15 is 0 Å². The molecule has 2 aromatic rings. The molecule has 0 aliphatic rings. The Bertz CT molecular complexity index is 412. The van der Waals surface area contributed by atoms with Gasteiger partial charge in [0.15, 0.2) is 0 Å². The third-order valence-corrected chi connectivity index (χ3v) is 2.88. The highest BCUT2D eigenvalue weighted by molar-refractivity contribution is 7.18. The maximum absolute atomic E-state index is 13.1. The minimum absolute atomic E-state index is 0.219. The van der Waals surface area contributed by atoms with E-state index in [-0.39, 0.29) is 5.82 Å². The number of rotatable bonds is 1. The quantitative estimate of drug-likeness (QED) is 0.830. The van der Waals surface area contributed by atoms with Crippen LogP contribution in [0.3, 0.4) is 0 Å². The number of nitrogens with zero attached hydrogens (tertiary/aromatic N) is 1. The van der Waals surface area contributed by atoms with Gasteiger partial charge in [-0.3, -0.25) is 0 Å². The molecular formula is C12H19FN2S. The molecule has 0 radical (unpaired) electrons. The fourth-order valence-electron chi connectivity index (χ4n) is 1.11. The van der Waals surface area contributed by atoms with Gasteiger partial charge >= 0.3 is 0 Å². The molecule has 1 aromatic carbocycles. The summed E-state index contributed by atoms with van der Waals surface area (Å²) >= 11 is 1.56. The van der Waals surface area contributed by atoms with E-state index in [4.69, 9.17) is 0 Å². The number of halogens is 1. The van der Waals surface area contributed by atoms with Crippen LogP contribution in [0.1, 0.15) is 25.8 Å². The summed E-state index contributed by atoms with van der Waals surface area (Å²) in [6.45, 7) is 6.02. The van der Waals surface area contributed by atoms with Gasteiger partial charge in [0.1, 0.15) is 11.3 Å². The van der Waals surface area contributed by atoms with Gasteiger partial charge in [0.05, 0.1) is 9.71 Å². The zero-order chi connectivity index (χ0) is 12.6. The van der Waals surface area contributed by atoms with Crippen molar-refractivity contribution in [1.29, 1.82) is 0 Å². The van der Waals surface area contributed by atoms with Crippen LogP contribution >= 0.6 is 11.3 Å². The van der Waals surface area contributed by atoms with Crippen LogP contribution in [0.5, 0.6) is 0 Å². The van der Waals surface area contributed by atoms with Crippen molar-refractivity contribution in [2.45, 2.75) is 27.2 Å². The third kappa shape index (κ3) is 3.54. The Morgan fingerprint density at radius 2 is 1.94 bits per heavy atom. The molecule has 0 saturated carbocycles. The average molecular weight is 242 g/mol. The van der Waals surface area contributed by atoms with Crippen molar-refractivity contribution in [2.24, 2.45) is 5.73 Å². The molecule has 4 heteroatoms. The number of aryl methyl sites for hydroxylation is 1. The number of aromatic nitrogens is 1. The fraction of sp³-hybridized carbons (Fsp3) is 0.417. The molecule has 0 bridgehead atoms. The Morgan fingerprint density at radius 1 is 1.31 bits per heavy atom. The van der Waals surface area contributed by atoms with Crippen molar-refractivity contribution in [3.63, 3.8) is 0 Å². The monoisotopic (exact) mass is 242 g/mol. The first-order valence-electron chi connectivity index (χ1n) is 5.43. The van der Waals surface area contributed by atoms with Crippen molar-refractivity contribution < 1.29 is 4.39 Å². The Hall–Kier alpha value is -1.00. The number of thiazole rings is 1. The topological polar surface area (TPSA) is 38.9 Å². The van der Waals surface area contributed by atoms with E-state index < -0.39 is 0 Å².